The van der Waals surface area contributed by atoms with E-state index in [0.29, 0.717) is 5.56 Å². The zero-order valence-electron chi connectivity index (χ0n) is 12.2. The summed E-state index contributed by atoms with van der Waals surface area (Å²) >= 11 is 0. The van der Waals surface area contributed by atoms with E-state index < -0.39 is 18.6 Å². The van der Waals surface area contributed by atoms with Crippen LogP contribution in [-0.4, -0.2) is 24.4 Å². The Morgan fingerprint density at radius 1 is 1.24 bits per heavy atom. The van der Waals surface area contributed by atoms with Crippen LogP contribution < -0.4 is 10.6 Å². The summed E-state index contributed by atoms with van der Waals surface area (Å²) in [5.41, 5.74) is 6.91. The van der Waals surface area contributed by atoms with Gasteiger partial charge in [0, 0.05) is 42.9 Å². The molecule has 0 saturated heterocycles. The second-order valence-electron chi connectivity index (χ2n) is 4.68. The van der Waals surface area contributed by atoms with Gasteiger partial charge in [0.05, 0.1) is 0 Å². The van der Waals surface area contributed by atoms with Crippen molar-refractivity contribution in [3.05, 3.63) is 23.8 Å². The van der Waals surface area contributed by atoms with E-state index in [9.17, 15) is 18.3 Å². The number of rotatable bonds is 6. The normalized spacial score (nSPS) is 12.7. The lowest BCUT2D eigenvalue weighted by Gasteiger charge is -2.22. The van der Waals surface area contributed by atoms with Gasteiger partial charge < -0.3 is 15.7 Å². The predicted molar refractivity (Wildman–Crippen MR) is 81.1 cm³/mol. The minimum Gasteiger partial charge on any atom is -0.508 e. The number of phenols is 1. The average molecular weight is 327 g/mol. The van der Waals surface area contributed by atoms with Crippen LogP contribution in [0.3, 0.4) is 0 Å². The molecular formula is C14H22ClF3N2O. The highest BCUT2D eigenvalue weighted by Crippen LogP contribution is 2.32. The second-order valence-corrected chi connectivity index (χ2v) is 4.68. The lowest BCUT2D eigenvalue weighted by atomic mass is 10.0. The highest BCUT2D eigenvalue weighted by molar-refractivity contribution is 5.85. The first-order valence-electron chi connectivity index (χ1n) is 6.68. The van der Waals surface area contributed by atoms with E-state index in [4.69, 9.17) is 5.73 Å². The summed E-state index contributed by atoms with van der Waals surface area (Å²) < 4.78 is 36.5. The third kappa shape index (κ3) is 6.01. The summed E-state index contributed by atoms with van der Waals surface area (Å²) in [6, 6.07) is 4.11. The third-order valence-electron chi connectivity index (χ3n) is 3.28. The van der Waals surface area contributed by atoms with E-state index in [1.54, 1.807) is 18.2 Å². The molecule has 0 heterocycles. The minimum absolute atomic E-state index is 0. The van der Waals surface area contributed by atoms with E-state index in [1.165, 1.54) is 0 Å². The molecule has 0 aliphatic rings. The maximum Gasteiger partial charge on any atom is 0.389 e. The molecule has 0 amide bonds. The van der Waals surface area contributed by atoms with Gasteiger partial charge in [-0.15, -0.1) is 12.4 Å². The molecular weight excluding hydrogens is 305 g/mol. The van der Waals surface area contributed by atoms with Crippen molar-refractivity contribution in [3.63, 3.8) is 0 Å². The fourth-order valence-corrected chi connectivity index (χ4v) is 2.11. The summed E-state index contributed by atoms with van der Waals surface area (Å²) in [7, 11) is 0. The second kappa shape index (κ2) is 8.34. The van der Waals surface area contributed by atoms with Gasteiger partial charge in [0.1, 0.15) is 5.75 Å². The largest absolute Gasteiger partial charge is 0.508 e. The van der Waals surface area contributed by atoms with Crippen molar-refractivity contribution in [2.45, 2.75) is 38.9 Å². The number of aromatic hydroxyl groups is 1. The summed E-state index contributed by atoms with van der Waals surface area (Å²) in [5, 5.41) is 9.94. The summed E-state index contributed by atoms with van der Waals surface area (Å²) in [6.07, 6.45) is -5.42. The SMILES string of the molecule is CCN(CC)c1ccc([C@@H](N)CCC(F)(F)F)c(O)c1.Cl. The first kappa shape index (κ1) is 19.9. The summed E-state index contributed by atoms with van der Waals surface area (Å²) in [6.45, 7) is 5.55. The molecule has 1 aromatic rings. The van der Waals surface area contributed by atoms with Crippen molar-refractivity contribution in [3.8, 4) is 5.75 Å². The lowest BCUT2D eigenvalue weighted by Crippen LogP contribution is -2.22. The van der Waals surface area contributed by atoms with Crippen molar-refractivity contribution in [1.82, 2.24) is 0 Å². The van der Waals surface area contributed by atoms with E-state index in [1.807, 2.05) is 18.7 Å². The van der Waals surface area contributed by atoms with Crippen LogP contribution in [0, 0.1) is 0 Å². The van der Waals surface area contributed by atoms with Gasteiger partial charge in [0.15, 0.2) is 0 Å². The molecule has 0 bridgehead atoms. The van der Waals surface area contributed by atoms with E-state index in [-0.39, 0.29) is 24.6 Å². The smallest absolute Gasteiger partial charge is 0.389 e. The molecule has 1 rings (SSSR count). The monoisotopic (exact) mass is 326 g/mol. The topological polar surface area (TPSA) is 49.5 Å². The van der Waals surface area contributed by atoms with Crippen molar-refractivity contribution in [1.29, 1.82) is 0 Å². The van der Waals surface area contributed by atoms with Crippen molar-refractivity contribution < 1.29 is 18.3 Å². The van der Waals surface area contributed by atoms with Crippen LogP contribution in [0.4, 0.5) is 18.9 Å². The molecule has 0 radical (unpaired) electrons. The highest BCUT2D eigenvalue weighted by atomic mass is 35.5. The Balaban J connectivity index is 0.00000400. The van der Waals surface area contributed by atoms with Gasteiger partial charge in [-0.3, -0.25) is 0 Å². The standard InChI is InChI=1S/C14H21F3N2O.ClH/c1-3-19(4-2)10-5-6-11(13(20)9-10)12(18)7-8-14(15,16)17;/h5-6,9,12,20H,3-4,7-8,18H2,1-2H3;1H/t12-;/m0./s1. The number of halogens is 4. The maximum atomic E-state index is 12.2. The van der Waals surface area contributed by atoms with Crippen LogP contribution in [0.5, 0.6) is 5.75 Å². The molecule has 3 nitrogen and oxygen atoms in total. The van der Waals surface area contributed by atoms with Gasteiger partial charge in [-0.25, -0.2) is 0 Å². The average Bonchev–Trinajstić information content (AvgIpc) is 2.37. The first-order valence-corrected chi connectivity index (χ1v) is 6.68. The molecule has 3 N–H and O–H groups in total. The predicted octanol–water partition coefficient (Wildman–Crippen LogP) is 4.00. The fraction of sp³-hybridized carbons (Fsp3) is 0.571. The number of hydrogen-bond donors (Lipinski definition) is 2. The van der Waals surface area contributed by atoms with Crippen LogP contribution in [-0.2, 0) is 0 Å². The molecule has 0 fully saturated rings. The molecule has 1 aromatic carbocycles. The Labute approximate surface area is 129 Å². The Hall–Kier alpha value is -1.14. The molecule has 0 aliphatic carbocycles. The van der Waals surface area contributed by atoms with Gasteiger partial charge in [0.25, 0.3) is 0 Å². The fourth-order valence-electron chi connectivity index (χ4n) is 2.11. The van der Waals surface area contributed by atoms with Gasteiger partial charge in [-0.1, -0.05) is 6.07 Å². The van der Waals surface area contributed by atoms with E-state index >= 15 is 0 Å². The molecule has 0 aromatic heterocycles. The number of nitrogens with zero attached hydrogens (tertiary/aromatic N) is 1. The summed E-state index contributed by atoms with van der Waals surface area (Å²) in [4.78, 5) is 2.03. The molecule has 21 heavy (non-hydrogen) atoms. The van der Waals surface area contributed by atoms with Crippen molar-refractivity contribution >= 4 is 18.1 Å². The van der Waals surface area contributed by atoms with Crippen LogP contribution in [0.2, 0.25) is 0 Å². The number of anilines is 1. The van der Waals surface area contributed by atoms with Crippen LogP contribution >= 0.6 is 12.4 Å². The van der Waals surface area contributed by atoms with Crippen LogP contribution in [0.15, 0.2) is 18.2 Å². The van der Waals surface area contributed by atoms with Crippen molar-refractivity contribution in [2.75, 3.05) is 18.0 Å². The highest BCUT2D eigenvalue weighted by Gasteiger charge is 2.28. The Bertz CT molecular complexity index is 437. The number of benzene rings is 1. The number of phenolic OH excluding ortho intramolecular Hbond substituents is 1. The Morgan fingerprint density at radius 2 is 1.81 bits per heavy atom. The molecule has 1 atom stereocenters. The number of alkyl halides is 3. The van der Waals surface area contributed by atoms with E-state index in [0.717, 1.165) is 18.8 Å². The van der Waals surface area contributed by atoms with Crippen molar-refractivity contribution in [2.24, 2.45) is 5.73 Å². The van der Waals surface area contributed by atoms with Gasteiger partial charge >= 0.3 is 6.18 Å². The maximum absolute atomic E-state index is 12.2. The molecule has 0 spiro atoms. The first-order chi connectivity index (χ1) is 9.28. The van der Waals surface area contributed by atoms with Crippen LogP contribution in [0.1, 0.15) is 38.3 Å². The number of nitrogens with two attached hydrogens (primary N) is 1. The Kier molecular flexibility index (Phi) is 7.89. The molecule has 0 unspecified atom stereocenters. The molecule has 0 aliphatic heterocycles. The van der Waals surface area contributed by atoms with Gasteiger partial charge in [-0.2, -0.15) is 13.2 Å². The van der Waals surface area contributed by atoms with Crippen LogP contribution in [0.25, 0.3) is 0 Å². The number of hydrogen-bond acceptors (Lipinski definition) is 3. The molecule has 7 heteroatoms. The molecule has 122 valence electrons. The molecule has 0 saturated carbocycles. The van der Waals surface area contributed by atoms with E-state index in [2.05, 4.69) is 0 Å². The summed E-state index contributed by atoms with van der Waals surface area (Å²) in [5.74, 6) is -0.0518. The zero-order chi connectivity index (χ0) is 15.3. The van der Waals surface area contributed by atoms with Gasteiger partial charge in [-0.05, 0) is 26.3 Å². The zero-order valence-corrected chi connectivity index (χ0v) is 13.0. The minimum atomic E-state index is -4.23. The lowest BCUT2D eigenvalue weighted by molar-refractivity contribution is -0.136. The van der Waals surface area contributed by atoms with Gasteiger partial charge in [0.2, 0.25) is 0 Å². The third-order valence-corrected chi connectivity index (χ3v) is 3.28. The Morgan fingerprint density at radius 3 is 2.24 bits per heavy atom. The quantitative estimate of drug-likeness (QED) is 0.830.